The summed E-state index contributed by atoms with van der Waals surface area (Å²) in [6.07, 6.45) is 0. The minimum atomic E-state index is -1.31. The molecule has 2 rings (SSSR count). The van der Waals surface area contributed by atoms with Gasteiger partial charge in [0.15, 0.2) is 5.78 Å². The molecule has 6 heteroatoms. The van der Waals surface area contributed by atoms with E-state index in [9.17, 15) is 19.5 Å². The number of aliphatic carboxylic acids is 1. The first-order chi connectivity index (χ1) is 9.35. The third-order valence-electron chi connectivity index (χ3n) is 3.93. The fourth-order valence-electron chi connectivity index (χ4n) is 2.70. The van der Waals surface area contributed by atoms with Crippen LogP contribution in [-0.2, 0) is 14.3 Å². The monoisotopic (exact) mass is 277 g/mol. The third-order valence-corrected chi connectivity index (χ3v) is 3.93. The zero-order chi connectivity index (χ0) is 15.1. The van der Waals surface area contributed by atoms with Gasteiger partial charge in [-0.1, -0.05) is 19.1 Å². The number of carboxylic acid groups (broad SMARTS) is 1. The predicted molar refractivity (Wildman–Crippen MR) is 69.9 cm³/mol. The van der Waals surface area contributed by atoms with Crippen LogP contribution in [0.15, 0.2) is 24.3 Å². The number of carbonyl (C=O) groups excluding carboxylic acids is 2. The van der Waals surface area contributed by atoms with Gasteiger partial charge in [0.1, 0.15) is 0 Å². The lowest BCUT2D eigenvalue weighted by molar-refractivity contribution is -0.146. The molecule has 0 saturated heterocycles. The standard InChI is InChI=1S/C14H15NO5/c1-14(9(12(17)18)10(14)13(19)20-2)11(16)7-5-3-4-6-8(7)15/h3-6,9-10H,15H2,1-2H3,(H,17,18)/t9-,10+,14+/m0/s1. The summed E-state index contributed by atoms with van der Waals surface area (Å²) in [6.45, 7) is 1.46. The number of esters is 1. The normalized spacial score (nSPS) is 27.7. The van der Waals surface area contributed by atoms with Crippen LogP contribution in [0.5, 0.6) is 0 Å². The lowest BCUT2D eigenvalue weighted by atomic mass is 9.91. The van der Waals surface area contributed by atoms with Crippen LogP contribution in [0.4, 0.5) is 5.69 Å². The van der Waals surface area contributed by atoms with E-state index in [1.54, 1.807) is 18.2 Å². The second-order valence-corrected chi connectivity index (χ2v) is 5.02. The minimum Gasteiger partial charge on any atom is -0.481 e. The van der Waals surface area contributed by atoms with Crippen molar-refractivity contribution in [2.45, 2.75) is 6.92 Å². The molecule has 1 aliphatic rings. The molecule has 6 nitrogen and oxygen atoms in total. The first-order valence-electron chi connectivity index (χ1n) is 6.05. The number of nitrogen functional groups attached to an aromatic ring is 1. The van der Waals surface area contributed by atoms with Gasteiger partial charge < -0.3 is 15.6 Å². The van der Waals surface area contributed by atoms with Crippen molar-refractivity contribution in [2.24, 2.45) is 17.3 Å². The van der Waals surface area contributed by atoms with Gasteiger partial charge in [-0.15, -0.1) is 0 Å². The summed E-state index contributed by atoms with van der Waals surface area (Å²) >= 11 is 0. The number of rotatable bonds is 4. The summed E-state index contributed by atoms with van der Waals surface area (Å²) in [5.41, 5.74) is 4.92. The highest BCUT2D eigenvalue weighted by atomic mass is 16.5. The highest BCUT2D eigenvalue weighted by Crippen LogP contribution is 2.61. The zero-order valence-corrected chi connectivity index (χ0v) is 11.1. The Morgan fingerprint density at radius 1 is 1.25 bits per heavy atom. The van der Waals surface area contributed by atoms with Crippen molar-refractivity contribution in [1.29, 1.82) is 0 Å². The van der Waals surface area contributed by atoms with Crippen LogP contribution in [0.3, 0.4) is 0 Å². The molecule has 0 bridgehead atoms. The Bertz CT molecular complexity index is 597. The molecule has 0 aromatic heterocycles. The van der Waals surface area contributed by atoms with Crippen LogP contribution in [0.2, 0.25) is 0 Å². The van der Waals surface area contributed by atoms with Crippen LogP contribution in [0.25, 0.3) is 0 Å². The molecule has 0 radical (unpaired) electrons. The van der Waals surface area contributed by atoms with E-state index in [1.807, 2.05) is 0 Å². The van der Waals surface area contributed by atoms with Crippen LogP contribution in [0, 0.1) is 17.3 Å². The number of para-hydroxylation sites is 1. The average molecular weight is 277 g/mol. The number of ether oxygens (including phenoxy) is 1. The highest BCUT2D eigenvalue weighted by Gasteiger charge is 2.73. The summed E-state index contributed by atoms with van der Waals surface area (Å²) in [4.78, 5) is 35.4. The van der Waals surface area contributed by atoms with Crippen molar-refractivity contribution in [1.82, 2.24) is 0 Å². The Hall–Kier alpha value is -2.37. The number of hydrogen-bond donors (Lipinski definition) is 2. The highest BCUT2D eigenvalue weighted by molar-refractivity contribution is 6.12. The Balaban J connectivity index is 2.40. The van der Waals surface area contributed by atoms with Crippen molar-refractivity contribution in [3.8, 4) is 0 Å². The maximum absolute atomic E-state index is 12.5. The molecule has 106 valence electrons. The maximum Gasteiger partial charge on any atom is 0.310 e. The van der Waals surface area contributed by atoms with Crippen molar-refractivity contribution < 1.29 is 24.2 Å². The first-order valence-corrected chi connectivity index (χ1v) is 6.05. The van der Waals surface area contributed by atoms with Gasteiger partial charge in [0, 0.05) is 11.3 Å². The van der Waals surface area contributed by atoms with Crippen molar-refractivity contribution in [2.75, 3.05) is 12.8 Å². The topological polar surface area (TPSA) is 107 Å². The van der Waals surface area contributed by atoms with E-state index >= 15 is 0 Å². The van der Waals surface area contributed by atoms with E-state index in [0.29, 0.717) is 0 Å². The van der Waals surface area contributed by atoms with Gasteiger partial charge in [-0.2, -0.15) is 0 Å². The largest absolute Gasteiger partial charge is 0.481 e. The molecule has 1 saturated carbocycles. The molecule has 0 heterocycles. The lowest BCUT2D eigenvalue weighted by Crippen LogP contribution is -2.21. The fraction of sp³-hybridized carbons (Fsp3) is 0.357. The molecule has 3 N–H and O–H groups in total. The number of Topliss-reactive ketones (excluding diaryl/α,β-unsaturated/α-hetero) is 1. The van der Waals surface area contributed by atoms with Gasteiger partial charge in [-0.3, -0.25) is 14.4 Å². The van der Waals surface area contributed by atoms with E-state index in [2.05, 4.69) is 4.74 Å². The number of hydrogen-bond acceptors (Lipinski definition) is 5. The molecule has 0 amide bonds. The Labute approximate surface area is 115 Å². The Kier molecular flexibility index (Phi) is 3.25. The smallest absolute Gasteiger partial charge is 0.310 e. The van der Waals surface area contributed by atoms with E-state index < -0.39 is 35.0 Å². The van der Waals surface area contributed by atoms with Crippen LogP contribution >= 0.6 is 0 Å². The Morgan fingerprint density at radius 3 is 2.35 bits per heavy atom. The minimum absolute atomic E-state index is 0.229. The summed E-state index contributed by atoms with van der Waals surface area (Å²) in [7, 11) is 1.17. The van der Waals surface area contributed by atoms with Gasteiger partial charge in [0.05, 0.1) is 24.4 Å². The average Bonchev–Trinajstić information content (AvgIpc) is 3.06. The molecule has 1 aromatic rings. The van der Waals surface area contributed by atoms with Crippen molar-refractivity contribution >= 4 is 23.4 Å². The third kappa shape index (κ3) is 1.84. The molecular formula is C14H15NO5. The lowest BCUT2D eigenvalue weighted by Gasteiger charge is -2.11. The summed E-state index contributed by atoms with van der Waals surface area (Å²) in [6, 6.07) is 6.39. The number of anilines is 1. The second kappa shape index (κ2) is 4.63. The van der Waals surface area contributed by atoms with E-state index in [1.165, 1.54) is 20.1 Å². The molecule has 1 aromatic carbocycles. The fourth-order valence-corrected chi connectivity index (χ4v) is 2.70. The summed E-state index contributed by atoms with van der Waals surface area (Å²) in [5, 5.41) is 9.18. The van der Waals surface area contributed by atoms with E-state index in [0.717, 1.165) is 0 Å². The first kappa shape index (κ1) is 14.0. The molecule has 1 aliphatic carbocycles. The SMILES string of the molecule is COC(=O)[C@H]1[C@@H](C(=O)O)[C@@]1(C)C(=O)c1ccccc1N. The molecule has 0 spiro atoms. The number of benzene rings is 1. The van der Waals surface area contributed by atoms with E-state index in [-0.39, 0.29) is 11.3 Å². The summed E-state index contributed by atoms with van der Waals surface area (Å²) < 4.78 is 4.58. The van der Waals surface area contributed by atoms with Gasteiger partial charge in [0.2, 0.25) is 0 Å². The van der Waals surface area contributed by atoms with Gasteiger partial charge in [0.25, 0.3) is 0 Å². The molecule has 3 atom stereocenters. The Morgan fingerprint density at radius 2 is 1.85 bits per heavy atom. The zero-order valence-electron chi connectivity index (χ0n) is 11.1. The van der Waals surface area contributed by atoms with Crippen LogP contribution in [-0.4, -0.2) is 29.9 Å². The van der Waals surface area contributed by atoms with Crippen LogP contribution in [0.1, 0.15) is 17.3 Å². The quantitative estimate of drug-likeness (QED) is 0.482. The van der Waals surface area contributed by atoms with Crippen molar-refractivity contribution in [3.05, 3.63) is 29.8 Å². The van der Waals surface area contributed by atoms with Gasteiger partial charge in [-0.05, 0) is 12.1 Å². The second-order valence-electron chi connectivity index (χ2n) is 5.02. The van der Waals surface area contributed by atoms with Gasteiger partial charge in [-0.25, -0.2) is 0 Å². The van der Waals surface area contributed by atoms with E-state index in [4.69, 9.17) is 5.73 Å². The number of nitrogens with two attached hydrogens (primary N) is 1. The number of methoxy groups -OCH3 is 1. The molecule has 0 aliphatic heterocycles. The predicted octanol–water partition coefficient (Wildman–Crippen LogP) is 0.961. The van der Waals surface area contributed by atoms with Crippen LogP contribution < -0.4 is 5.73 Å². The number of carbonyl (C=O) groups is 3. The maximum atomic E-state index is 12.5. The van der Waals surface area contributed by atoms with Gasteiger partial charge >= 0.3 is 11.9 Å². The molecule has 0 unspecified atom stereocenters. The van der Waals surface area contributed by atoms with Crippen molar-refractivity contribution in [3.63, 3.8) is 0 Å². The molecular weight excluding hydrogens is 262 g/mol. The summed E-state index contributed by atoms with van der Waals surface area (Å²) in [5.74, 6) is -4.38. The molecule has 20 heavy (non-hydrogen) atoms. The number of carboxylic acids is 1. The number of ketones is 1. The molecule has 1 fully saturated rings.